The van der Waals surface area contributed by atoms with Crippen LogP contribution in [-0.4, -0.2) is 23.9 Å². The lowest BCUT2D eigenvalue weighted by Crippen LogP contribution is -2.41. The first-order chi connectivity index (χ1) is 19.7. The molecule has 0 saturated heterocycles. The molecule has 0 fully saturated rings. The highest BCUT2D eigenvalue weighted by Gasteiger charge is 2.40. The topological polar surface area (TPSA) is 32.7 Å². The van der Waals surface area contributed by atoms with Crippen LogP contribution < -0.4 is 9.64 Å². The maximum Gasteiger partial charge on any atom is 0.416 e. The number of aliphatic hydroxyl groups excluding tert-OH is 1. The summed E-state index contributed by atoms with van der Waals surface area (Å²) in [7, 11) is 0. The molecule has 42 heavy (non-hydrogen) atoms. The van der Waals surface area contributed by atoms with Gasteiger partial charge in [0.15, 0.2) is 6.10 Å². The number of alkyl halides is 6. The number of aliphatic hydroxyl groups is 1. The molecule has 0 radical (unpaired) electrons. The summed E-state index contributed by atoms with van der Waals surface area (Å²) in [6.07, 6.45) is -12.6. The minimum atomic E-state index is -5.02. The Bertz CT molecular complexity index is 1520. The number of ether oxygens (including phenoxy) is 1. The first-order valence-corrected chi connectivity index (χ1v) is 13.0. The molecule has 1 atom stereocenters. The molecule has 4 rings (SSSR count). The van der Waals surface area contributed by atoms with E-state index in [-0.39, 0.29) is 11.6 Å². The van der Waals surface area contributed by atoms with E-state index >= 15 is 0 Å². The van der Waals surface area contributed by atoms with Gasteiger partial charge in [0, 0.05) is 23.4 Å². The summed E-state index contributed by atoms with van der Waals surface area (Å²) in [6, 6.07) is 22.3. The molecule has 0 aliphatic carbocycles. The minimum Gasteiger partial charge on any atom is -0.457 e. The average molecular weight is 592 g/mol. The molecular weight excluding hydrogens is 563 g/mol. The van der Waals surface area contributed by atoms with Crippen molar-refractivity contribution in [3.05, 3.63) is 114 Å². The molecule has 0 bridgehead atoms. The van der Waals surface area contributed by atoms with E-state index in [0.717, 1.165) is 10.5 Å². The highest BCUT2D eigenvalue weighted by atomic mass is 19.4. The van der Waals surface area contributed by atoms with Gasteiger partial charge in [-0.25, -0.2) is 4.39 Å². The van der Waals surface area contributed by atoms with Gasteiger partial charge in [-0.1, -0.05) is 56.3 Å². The van der Waals surface area contributed by atoms with Gasteiger partial charge < -0.3 is 14.7 Å². The number of rotatable bonds is 9. The molecule has 0 aliphatic rings. The normalized spacial score (nSPS) is 12.8. The van der Waals surface area contributed by atoms with Gasteiger partial charge in [0.1, 0.15) is 17.3 Å². The Morgan fingerprint density at radius 1 is 0.786 bits per heavy atom. The van der Waals surface area contributed by atoms with Crippen molar-refractivity contribution in [2.24, 2.45) is 0 Å². The van der Waals surface area contributed by atoms with Crippen molar-refractivity contribution in [3.63, 3.8) is 0 Å². The van der Waals surface area contributed by atoms with Crippen LogP contribution >= 0.6 is 0 Å². The van der Waals surface area contributed by atoms with E-state index in [1.165, 1.54) is 12.1 Å². The SMILES string of the molecule is CC(C)c1cccc(Oc2cccc(-c3ccccc3N(Cc3cc(C(F)(F)F)ccc3F)C[C@@H](O)C(F)(F)F)c2)c1. The Morgan fingerprint density at radius 3 is 2.12 bits per heavy atom. The number of hydrogen-bond acceptors (Lipinski definition) is 3. The highest BCUT2D eigenvalue weighted by molar-refractivity contribution is 5.79. The van der Waals surface area contributed by atoms with Gasteiger partial charge in [-0.05, 0) is 65.6 Å². The van der Waals surface area contributed by atoms with Gasteiger partial charge in [-0.3, -0.25) is 0 Å². The third-order valence-corrected chi connectivity index (χ3v) is 6.66. The van der Waals surface area contributed by atoms with Crippen LogP contribution in [0, 0.1) is 5.82 Å². The second-order valence-electron chi connectivity index (χ2n) is 10.1. The smallest absolute Gasteiger partial charge is 0.416 e. The zero-order chi connectivity index (χ0) is 30.7. The molecule has 0 aromatic heterocycles. The first kappa shape index (κ1) is 30.9. The zero-order valence-corrected chi connectivity index (χ0v) is 22.7. The van der Waals surface area contributed by atoms with E-state index in [1.54, 1.807) is 42.5 Å². The van der Waals surface area contributed by atoms with E-state index in [2.05, 4.69) is 0 Å². The van der Waals surface area contributed by atoms with E-state index in [4.69, 9.17) is 4.74 Å². The average Bonchev–Trinajstić information content (AvgIpc) is 2.93. The van der Waals surface area contributed by atoms with E-state index in [1.807, 2.05) is 32.0 Å². The molecule has 0 saturated carbocycles. The van der Waals surface area contributed by atoms with Gasteiger partial charge in [-0.15, -0.1) is 0 Å². The van der Waals surface area contributed by atoms with E-state index in [9.17, 15) is 35.8 Å². The lowest BCUT2D eigenvalue weighted by Gasteiger charge is -2.30. The molecule has 10 heteroatoms. The van der Waals surface area contributed by atoms with Gasteiger partial charge in [0.25, 0.3) is 0 Å². The number of benzene rings is 4. The van der Waals surface area contributed by atoms with Gasteiger partial charge in [0.05, 0.1) is 12.1 Å². The number of halogens is 7. The maximum absolute atomic E-state index is 14.7. The highest BCUT2D eigenvalue weighted by Crippen LogP contribution is 2.37. The minimum absolute atomic E-state index is 0.150. The molecular formula is C32H28F7NO2. The quantitative estimate of drug-likeness (QED) is 0.197. The largest absolute Gasteiger partial charge is 0.457 e. The Kier molecular flexibility index (Phi) is 9.15. The fraction of sp³-hybridized carbons (Fsp3) is 0.250. The summed E-state index contributed by atoms with van der Waals surface area (Å²) in [4.78, 5) is 1.02. The third-order valence-electron chi connectivity index (χ3n) is 6.66. The second kappa shape index (κ2) is 12.4. The van der Waals surface area contributed by atoms with Crippen LogP contribution in [0.15, 0.2) is 91.0 Å². The molecule has 0 aliphatic heterocycles. The second-order valence-corrected chi connectivity index (χ2v) is 10.1. The fourth-order valence-corrected chi connectivity index (χ4v) is 4.43. The van der Waals surface area contributed by atoms with Gasteiger partial charge in [0.2, 0.25) is 0 Å². The van der Waals surface area contributed by atoms with Crippen molar-refractivity contribution < 1.29 is 40.6 Å². The van der Waals surface area contributed by atoms with Crippen molar-refractivity contribution in [3.8, 4) is 22.6 Å². The molecule has 0 unspecified atom stereocenters. The van der Waals surface area contributed by atoms with Crippen LogP contribution in [0.5, 0.6) is 11.5 Å². The molecule has 0 heterocycles. The van der Waals surface area contributed by atoms with Crippen molar-refractivity contribution in [1.29, 1.82) is 0 Å². The van der Waals surface area contributed by atoms with Crippen molar-refractivity contribution >= 4 is 5.69 Å². The summed E-state index contributed by atoms with van der Waals surface area (Å²) in [6.45, 7) is 2.37. The number of anilines is 1. The predicted molar refractivity (Wildman–Crippen MR) is 147 cm³/mol. The lowest BCUT2D eigenvalue weighted by molar-refractivity contribution is -0.200. The Balaban J connectivity index is 1.74. The monoisotopic (exact) mass is 591 g/mol. The van der Waals surface area contributed by atoms with Crippen LogP contribution in [-0.2, 0) is 12.7 Å². The number of hydrogen-bond donors (Lipinski definition) is 1. The zero-order valence-electron chi connectivity index (χ0n) is 22.7. The summed E-state index contributed by atoms with van der Waals surface area (Å²) in [5, 5.41) is 9.92. The van der Waals surface area contributed by atoms with Crippen LogP contribution in [0.1, 0.15) is 36.5 Å². The van der Waals surface area contributed by atoms with Crippen LogP contribution in [0.25, 0.3) is 11.1 Å². The van der Waals surface area contributed by atoms with Gasteiger partial charge in [-0.2, -0.15) is 26.3 Å². The maximum atomic E-state index is 14.7. The Morgan fingerprint density at radius 2 is 1.45 bits per heavy atom. The summed E-state index contributed by atoms with van der Waals surface area (Å²) < 4.78 is 101. The summed E-state index contributed by atoms with van der Waals surface area (Å²) >= 11 is 0. The molecule has 222 valence electrons. The molecule has 4 aromatic rings. The predicted octanol–water partition coefficient (Wildman–Crippen LogP) is 9.36. The Labute approximate surface area is 238 Å². The number of nitrogens with zero attached hydrogens (tertiary/aromatic N) is 1. The van der Waals surface area contributed by atoms with Gasteiger partial charge >= 0.3 is 12.4 Å². The van der Waals surface area contributed by atoms with Crippen LogP contribution in [0.4, 0.5) is 36.4 Å². The first-order valence-electron chi connectivity index (χ1n) is 13.0. The third kappa shape index (κ3) is 7.61. The number of para-hydroxylation sites is 1. The van der Waals surface area contributed by atoms with Crippen molar-refractivity contribution in [2.45, 2.75) is 44.8 Å². The Hall–Kier alpha value is -4.05. The molecule has 0 amide bonds. The van der Waals surface area contributed by atoms with E-state index < -0.39 is 48.5 Å². The fourth-order valence-electron chi connectivity index (χ4n) is 4.43. The lowest BCUT2D eigenvalue weighted by atomic mass is 10.0. The standard InChI is InChI=1S/C32H28F7NO2/c1-20(2)21-7-5-9-25(16-21)42-26-10-6-8-22(17-26)27-11-3-4-12-29(27)40(19-30(41)32(37,38)39)18-23-15-24(31(34,35)36)13-14-28(23)33/h3-17,20,30,41H,18-19H2,1-2H3/t30-/m1/s1. The molecule has 1 N–H and O–H groups in total. The van der Waals surface area contributed by atoms with E-state index in [0.29, 0.717) is 40.8 Å². The van der Waals surface area contributed by atoms with Crippen molar-refractivity contribution in [1.82, 2.24) is 0 Å². The molecule has 4 aromatic carbocycles. The van der Waals surface area contributed by atoms with Crippen LogP contribution in [0.2, 0.25) is 0 Å². The summed E-state index contributed by atoms with van der Waals surface area (Å²) in [5.74, 6) is 0.271. The van der Waals surface area contributed by atoms with Crippen LogP contribution in [0.3, 0.4) is 0 Å². The molecule has 3 nitrogen and oxygen atoms in total. The van der Waals surface area contributed by atoms with Crippen molar-refractivity contribution in [2.75, 3.05) is 11.4 Å². The molecule has 0 spiro atoms. The summed E-state index contributed by atoms with van der Waals surface area (Å²) in [5.41, 5.74) is 0.525.